The van der Waals surface area contributed by atoms with Crippen LogP contribution in [0.4, 0.5) is 17.1 Å². The molecule has 0 unspecified atom stereocenters. The zero-order chi connectivity index (χ0) is 34.2. The first-order chi connectivity index (χ1) is 25.8. The maximum Gasteiger partial charge on any atom is 0.159 e. The van der Waals surface area contributed by atoms with Crippen LogP contribution in [0.25, 0.3) is 71.7 Å². The molecule has 0 atom stereocenters. The van der Waals surface area contributed by atoms with E-state index in [-0.39, 0.29) is 0 Å². The molecule has 0 radical (unpaired) electrons. The highest BCUT2D eigenvalue weighted by Gasteiger charge is 2.26. The van der Waals surface area contributed by atoms with E-state index in [1.807, 2.05) is 30.3 Å². The van der Waals surface area contributed by atoms with Gasteiger partial charge in [0.25, 0.3) is 0 Å². The first kappa shape index (κ1) is 28.8. The molecule has 4 heteroatoms. The van der Waals surface area contributed by atoms with Gasteiger partial charge in [0.2, 0.25) is 0 Å². The van der Waals surface area contributed by atoms with Gasteiger partial charge in [0.1, 0.15) is 5.58 Å². The molecular formula is C48H30N2O2. The molecule has 4 nitrogen and oxygen atoms in total. The van der Waals surface area contributed by atoms with Gasteiger partial charge in [0, 0.05) is 27.2 Å². The number of fused-ring (bicyclic) bond motifs is 8. The number of nitrogens with zero attached hydrogens (tertiary/aromatic N) is 2. The standard InChI is InChI=1S/C48H30N2O2/c1-2-11-31(12-3-1)32-21-25-35(26-22-32)49-42-17-7-9-20-46(42)51-47-30-34(24-28-43(47)49)33-23-27-41-39(29-33)36-13-4-6-16-40(36)50(41)44-18-10-15-38-37-14-5-8-19-45(37)52-48(38)44/h1-30H. The molecule has 8 aromatic carbocycles. The van der Waals surface area contributed by atoms with Gasteiger partial charge >= 0.3 is 0 Å². The van der Waals surface area contributed by atoms with Crippen molar-refractivity contribution in [3.05, 3.63) is 182 Å². The Morgan fingerprint density at radius 2 is 1.00 bits per heavy atom. The number of hydrogen-bond donors (Lipinski definition) is 0. The monoisotopic (exact) mass is 666 g/mol. The highest BCUT2D eigenvalue weighted by atomic mass is 16.5. The molecule has 0 bridgehead atoms. The Balaban J connectivity index is 1.03. The largest absolute Gasteiger partial charge is 0.454 e. The van der Waals surface area contributed by atoms with Crippen LogP contribution in [0.3, 0.4) is 0 Å². The molecule has 0 saturated heterocycles. The van der Waals surface area contributed by atoms with E-state index < -0.39 is 0 Å². The van der Waals surface area contributed by atoms with Gasteiger partial charge in [-0.2, -0.15) is 0 Å². The molecule has 1 aliphatic rings. The molecule has 244 valence electrons. The van der Waals surface area contributed by atoms with E-state index in [0.29, 0.717) is 0 Å². The van der Waals surface area contributed by atoms with Crippen molar-refractivity contribution in [3.8, 4) is 39.4 Å². The molecule has 0 fully saturated rings. The lowest BCUT2D eigenvalue weighted by Crippen LogP contribution is -2.15. The summed E-state index contributed by atoms with van der Waals surface area (Å²) in [6, 6.07) is 64.2. The maximum absolute atomic E-state index is 6.61. The van der Waals surface area contributed by atoms with Crippen LogP contribution >= 0.6 is 0 Å². The van der Waals surface area contributed by atoms with Gasteiger partial charge in [0.15, 0.2) is 17.1 Å². The molecule has 2 aromatic heterocycles. The number of anilines is 3. The fourth-order valence-electron chi connectivity index (χ4n) is 7.97. The lowest BCUT2D eigenvalue weighted by atomic mass is 10.0. The molecule has 0 N–H and O–H groups in total. The first-order valence-corrected chi connectivity index (χ1v) is 17.6. The van der Waals surface area contributed by atoms with Gasteiger partial charge in [-0.05, 0) is 89.0 Å². The van der Waals surface area contributed by atoms with Crippen molar-refractivity contribution >= 4 is 60.8 Å². The highest BCUT2D eigenvalue weighted by Crippen LogP contribution is 2.51. The Morgan fingerprint density at radius 1 is 0.365 bits per heavy atom. The lowest BCUT2D eigenvalue weighted by molar-refractivity contribution is 0.477. The summed E-state index contributed by atoms with van der Waals surface area (Å²) in [6.07, 6.45) is 0. The molecule has 0 saturated carbocycles. The number of aromatic nitrogens is 1. The number of hydrogen-bond acceptors (Lipinski definition) is 3. The predicted octanol–water partition coefficient (Wildman–Crippen LogP) is 13.6. The topological polar surface area (TPSA) is 30.5 Å². The second-order valence-corrected chi connectivity index (χ2v) is 13.3. The van der Waals surface area contributed by atoms with Crippen LogP contribution in [-0.4, -0.2) is 4.57 Å². The van der Waals surface area contributed by atoms with Crippen molar-refractivity contribution in [2.75, 3.05) is 4.90 Å². The summed E-state index contributed by atoms with van der Waals surface area (Å²) in [4.78, 5) is 2.29. The van der Waals surface area contributed by atoms with E-state index in [2.05, 4.69) is 161 Å². The molecule has 52 heavy (non-hydrogen) atoms. The van der Waals surface area contributed by atoms with Crippen LogP contribution in [-0.2, 0) is 0 Å². The molecule has 0 aliphatic carbocycles. The number of ether oxygens (including phenoxy) is 1. The van der Waals surface area contributed by atoms with E-state index in [1.54, 1.807) is 0 Å². The Morgan fingerprint density at radius 3 is 1.90 bits per heavy atom. The number of furan rings is 1. The molecule has 10 aromatic rings. The van der Waals surface area contributed by atoms with Gasteiger partial charge in [-0.3, -0.25) is 0 Å². The maximum atomic E-state index is 6.61. The zero-order valence-corrected chi connectivity index (χ0v) is 28.0. The minimum absolute atomic E-state index is 0.822. The normalized spacial score (nSPS) is 12.3. The van der Waals surface area contributed by atoms with E-state index in [9.17, 15) is 0 Å². The van der Waals surface area contributed by atoms with Crippen molar-refractivity contribution in [2.45, 2.75) is 0 Å². The second kappa shape index (κ2) is 11.2. The Kier molecular flexibility index (Phi) is 6.22. The van der Waals surface area contributed by atoms with E-state index in [4.69, 9.17) is 9.15 Å². The SMILES string of the molecule is c1ccc(-c2ccc(N3c4ccccc4Oc4cc(-c5ccc6c(c5)c5ccccc5n6-c5cccc6c5oc5ccccc56)ccc43)cc2)cc1. The smallest absolute Gasteiger partial charge is 0.159 e. The van der Waals surface area contributed by atoms with Gasteiger partial charge in [0.05, 0.1) is 28.1 Å². The van der Waals surface area contributed by atoms with E-state index >= 15 is 0 Å². The molecule has 11 rings (SSSR count). The van der Waals surface area contributed by atoms with Gasteiger partial charge < -0.3 is 18.6 Å². The summed E-state index contributed by atoms with van der Waals surface area (Å²) in [5, 5.41) is 4.63. The van der Waals surface area contributed by atoms with E-state index in [1.165, 1.54) is 21.9 Å². The van der Waals surface area contributed by atoms with Crippen LogP contribution in [0.15, 0.2) is 186 Å². The summed E-state index contributed by atoms with van der Waals surface area (Å²) in [7, 11) is 0. The van der Waals surface area contributed by atoms with Crippen molar-refractivity contribution in [1.29, 1.82) is 0 Å². The Labute approximate surface area is 300 Å². The number of benzene rings is 8. The van der Waals surface area contributed by atoms with Gasteiger partial charge in [-0.15, -0.1) is 0 Å². The summed E-state index contributed by atoms with van der Waals surface area (Å²) < 4.78 is 15.5. The zero-order valence-electron chi connectivity index (χ0n) is 28.0. The number of para-hydroxylation sites is 5. The van der Waals surface area contributed by atoms with Crippen LogP contribution in [0.5, 0.6) is 11.5 Å². The Bertz CT molecular complexity index is 2990. The third kappa shape index (κ3) is 4.34. The molecule has 0 spiro atoms. The van der Waals surface area contributed by atoms with Gasteiger partial charge in [-0.25, -0.2) is 0 Å². The van der Waals surface area contributed by atoms with Crippen LogP contribution < -0.4 is 9.64 Å². The highest BCUT2D eigenvalue weighted by molar-refractivity contribution is 6.13. The summed E-state index contributed by atoms with van der Waals surface area (Å²) in [5.41, 5.74) is 12.8. The lowest BCUT2D eigenvalue weighted by Gasteiger charge is -2.33. The van der Waals surface area contributed by atoms with Crippen molar-refractivity contribution in [1.82, 2.24) is 4.57 Å². The van der Waals surface area contributed by atoms with Crippen molar-refractivity contribution in [2.24, 2.45) is 0 Å². The Hall–Kier alpha value is -7.04. The van der Waals surface area contributed by atoms with Crippen LogP contribution in [0, 0.1) is 0 Å². The minimum Gasteiger partial charge on any atom is -0.454 e. The fourth-order valence-corrected chi connectivity index (χ4v) is 7.97. The van der Waals surface area contributed by atoms with Gasteiger partial charge in [-0.1, -0.05) is 115 Å². The van der Waals surface area contributed by atoms with Crippen LogP contribution in [0.1, 0.15) is 0 Å². The summed E-state index contributed by atoms with van der Waals surface area (Å²) in [5.74, 6) is 1.65. The minimum atomic E-state index is 0.822. The third-order valence-corrected chi connectivity index (χ3v) is 10.4. The third-order valence-electron chi connectivity index (χ3n) is 10.4. The average molecular weight is 667 g/mol. The fraction of sp³-hybridized carbons (Fsp3) is 0. The second-order valence-electron chi connectivity index (χ2n) is 13.3. The molecule has 1 aliphatic heterocycles. The predicted molar refractivity (Wildman–Crippen MR) is 214 cm³/mol. The van der Waals surface area contributed by atoms with Crippen LogP contribution in [0.2, 0.25) is 0 Å². The summed E-state index contributed by atoms with van der Waals surface area (Å²) in [6.45, 7) is 0. The summed E-state index contributed by atoms with van der Waals surface area (Å²) >= 11 is 0. The molecular weight excluding hydrogens is 637 g/mol. The molecule has 0 amide bonds. The number of rotatable bonds is 4. The van der Waals surface area contributed by atoms with E-state index in [0.717, 1.165) is 78.3 Å². The van der Waals surface area contributed by atoms with Crippen molar-refractivity contribution in [3.63, 3.8) is 0 Å². The average Bonchev–Trinajstić information content (AvgIpc) is 3.76. The first-order valence-electron chi connectivity index (χ1n) is 17.6. The van der Waals surface area contributed by atoms with Crippen molar-refractivity contribution < 1.29 is 9.15 Å². The quantitative estimate of drug-likeness (QED) is 0.187. The molecule has 3 heterocycles.